The first kappa shape index (κ1) is 13.5. The second-order valence-electron chi connectivity index (χ2n) is 3.71. The van der Waals surface area contributed by atoms with Gasteiger partial charge in [0, 0.05) is 14.2 Å². The Morgan fingerprint density at radius 3 is 2.89 bits per heavy atom. The third kappa shape index (κ3) is 3.08. The lowest BCUT2D eigenvalue weighted by atomic mass is 10.2. The fourth-order valence-electron chi connectivity index (χ4n) is 1.48. The number of anilines is 1. The summed E-state index contributed by atoms with van der Waals surface area (Å²) in [7, 11) is 0. The summed E-state index contributed by atoms with van der Waals surface area (Å²) < 4.78 is 1.80. The molecule has 1 heterocycles. The molecule has 1 aromatic heterocycles. The van der Waals surface area contributed by atoms with Crippen LogP contribution in [0.4, 0.5) is 5.69 Å². The minimum atomic E-state index is -0.128. The summed E-state index contributed by atoms with van der Waals surface area (Å²) in [5, 5.41) is 2.87. The molecule has 0 aliphatic heterocycles. The van der Waals surface area contributed by atoms with Gasteiger partial charge >= 0.3 is 0 Å². The van der Waals surface area contributed by atoms with Crippen molar-refractivity contribution in [3.8, 4) is 0 Å². The Morgan fingerprint density at radius 1 is 1.39 bits per heavy atom. The number of carbonyl (C=O) groups is 1. The topological polar surface area (TPSA) is 42.0 Å². The van der Waals surface area contributed by atoms with Crippen molar-refractivity contribution in [2.75, 3.05) is 5.32 Å². The lowest BCUT2D eigenvalue weighted by Crippen LogP contribution is -2.14. The number of pyridine rings is 1. The number of amides is 1. The Morgan fingerprint density at radius 2 is 2.17 bits per heavy atom. The van der Waals surface area contributed by atoms with E-state index < -0.39 is 0 Å². The Hall–Kier alpha value is -0.950. The molecule has 0 atom stereocenters. The van der Waals surface area contributed by atoms with Gasteiger partial charge in [0.15, 0.2) is 0 Å². The third-order valence-electron chi connectivity index (χ3n) is 2.43. The molecule has 0 spiro atoms. The Balaban J connectivity index is 2.28. The number of rotatable bonds is 2. The molecule has 0 radical (unpaired) electrons. The van der Waals surface area contributed by atoms with Crippen LogP contribution >= 0.6 is 38.5 Å². The number of nitrogens with zero attached hydrogens (tertiary/aromatic N) is 1. The number of aromatic nitrogens is 1. The summed E-state index contributed by atoms with van der Waals surface area (Å²) in [6.07, 6.45) is 1.70. The van der Waals surface area contributed by atoms with Gasteiger partial charge in [0.25, 0.3) is 5.91 Å². The molecule has 0 unspecified atom stereocenters. The number of hydrogen-bond acceptors (Lipinski definition) is 2. The molecular formula is C13H10BrIN2O. The molecule has 3 nitrogen and oxygen atoms in total. The molecule has 0 saturated carbocycles. The largest absolute Gasteiger partial charge is 0.320 e. The van der Waals surface area contributed by atoms with Crippen molar-refractivity contribution >= 4 is 50.1 Å². The van der Waals surface area contributed by atoms with Crippen LogP contribution in [0.5, 0.6) is 0 Å². The van der Waals surface area contributed by atoms with Gasteiger partial charge in [0.2, 0.25) is 0 Å². The third-order valence-corrected chi connectivity index (χ3v) is 3.86. The van der Waals surface area contributed by atoms with Crippen LogP contribution in [0.1, 0.15) is 16.1 Å². The second-order valence-corrected chi connectivity index (χ2v) is 5.79. The molecule has 0 aliphatic carbocycles. The predicted octanol–water partition coefficient (Wildman–Crippen LogP) is 4.01. The van der Waals surface area contributed by atoms with Crippen molar-refractivity contribution < 1.29 is 4.79 Å². The first-order valence-corrected chi connectivity index (χ1v) is 7.13. The average Bonchev–Trinajstić information content (AvgIpc) is 2.35. The summed E-state index contributed by atoms with van der Waals surface area (Å²) in [6.45, 7) is 1.86. The second kappa shape index (κ2) is 5.79. The Kier molecular flexibility index (Phi) is 4.34. The molecule has 1 amide bonds. The van der Waals surface area contributed by atoms with E-state index in [4.69, 9.17) is 0 Å². The maximum atomic E-state index is 12.2. The normalized spacial score (nSPS) is 10.2. The van der Waals surface area contributed by atoms with Crippen molar-refractivity contribution in [2.24, 2.45) is 0 Å². The first-order chi connectivity index (χ1) is 8.58. The lowest BCUT2D eigenvalue weighted by Gasteiger charge is -2.09. The van der Waals surface area contributed by atoms with E-state index in [1.54, 1.807) is 12.3 Å². The Labute approximate surface area is 127 Å². The minimum absolute atomic E-state index is 0.128. The van der Waals surface area contributed by atoms with E-state index in [-0.39, 0.29) is 5.91 Å². The summed E-state index contributed by atoms with van der Waals surface area (Å²) in [4.78, 5) is 16.3. The van der Waals surface area contributed by atoms with Crippen LogP contribution in [0.15, 0.2) is 41.0 Å². The quantitative estimate of drug-likeness (QED) is 0.751. The zero-order valence-corrected chi connectivity index (χ0v) is 13.3. The fourth-order valence-corrected chi connectivity index (χ4v) is 2.42. The van der Waals surface area contributed by atoms with Crippen LogP contribution < -0.4 is 5.32 Å². The molecule has 1 aromatic carbocycles. The van der Waals surface area contributed by atoms with Gasteiger partial charge in [-0.15, -0.1) is 0 Å². The number of hydrogen-bond donors (Lipinski definition) is 1. The molecule has 92 valence electrons. The Bertz CT molecular complexity index is 601. The van der Waals surface area contributed by atoms with Crippen molar-refractivity contribution in [3.05, 3.63) is 55.8 Å². The van der Waals surface area contributed by atoms with E-state index in [1.807, 2.05) is 31.2 Å². The average molecular weight is 417 g/mol. The molecule has 0 fully saturated rings. The number of nitrogens with one attached hydrogen (secondary N) is 1. The van der Waals surface area contributed by atoms with Crippen LogP contribution in [0.2, 0.25) is 0 Å². The molecule has 2 aromatic rings. The van der Waals surface area contributed by atoms with E-state index in [9.17, 15) is 4.79 Å². The van der Waals surface area contributed by atoms with E-state index in [0.717, 1.165) is 19.4 Å². The van der Waals surface area contributed by atoms with Crippen LogP contribution in [0, 0.1) is 10.5 Å². The van der Waals surface area contributed by atoms with Gasteiger partial charge < -0.3 is 5.32 Å². The maximum Gasteiger partial charge on any atom is 0.256 e. The number of benzene rings is 1. The highest BCUT2D eigenvalue weighted by molar-refractivity contribution is 14.1. The standard InChI is InChI=1S/C13H10BrIN2O/c1-8-12(3-2-6-16-8)17-13(18)10-7-9(14)4-5-11(10)15/h2-7H,1H3,(H,17,18). The van der Waals surface area contributed by atoms with E-state index >= 15 is 0 Å². The predicted molar refractivity (Wildman–Crippen MR) is 83.8 cm³/mol. The van der Waals surface area contributed by atoms with Gasteiger partial charge in [0.1, 0.15) is 0 Å². The first-order valence-electron chi connectivity index (χ1n) is 5.26. The van der Waals surface area contributed by atoms with Crippen molar-refractivity contribution in [2.45, 2.75) is 6.92 Å². The van der Waals surface area contributed by atoms with Crippen molar-refractivity contribution in [1.82, 2.24) is 4.98 Å². The van der Waals surface area contributed by atoms with Gasteiger partial charge in [-0.25, -0.2) is 0 Å². The number of aryl methyl sites for hydroxylation is 1. The highest BCUT2D eigenvalue weighted by Gasteiger charge is 2.11. The summed E-state index contributed by atoms with van der Waals surface area (Å²) in [5.41, 5.74) is 2.18. The monoisotopic (exact) mass is 416 g/mol. The molecular weight excluding hydrogens is 407 g/mol. The molecule has 5 heteroatoms. The SMILES string of the molecule is Cc1ncccc1NC(=O)c1cc(Br)ccc1I. The van der Waals surface area contributed by atoms with E-state index in [1.165, 1.54) is 0 Å². The van der Waals surface area contributed by atoms with Crippen molar-refractivity contribution in [3.63, 3.8) is 0 Å². The molecule has 2 rings (SSSR count). The molecule has 18 heavy (non-hydrogen) atoms. The lowest BCUT2D eigenvalue weighted by molar-refractivity contribution is 0.102. The van der Waals surface area contributed by atoms with Crippen LogP contribution in [0.3, 0.4) is 0 Å². The van der Waals surface area contributed by atoms with Crippen molar-refractivity contribution in [1.29, 1.82) is 0 Å². The molecule has 0 saturated heterocycles. The van der Waals surface area contributed by atoms with Gasteiger partial charge in [-0.3, -0.25) is 9.78 Å². The van der Waals surface area contributed by atoms with E-state index in [2.05, 4.69) is 48.8 Å². The number of halogens is 2. The summed E-state index contributed by atoms with van der Waals surface area (Å²) in [6, 6.07) is 9.26. The highest BCUT2D eigenvalue weighted by Crippen LogP contribution is 2.20. The summed E-state index contributed by atoms with van der Waals surface area (Å²) >= 11 is 5.52. The molecule has 0 bridgehead atoms. The zero-order valence-electron chi connectivity index (χ0n) is 9.58. The van der Waals surface area contributed by atoms with Crippen LogP contribution in [0.25, 0.3) is 0 Å². The zero-order chi connectivity index (χ0) is 13.1. The van der Waals surface area contributed by atoms with Gasteiger partial charge in [-0.2, -0.15) is 0 Å². The highest BCUT2D eigenvalue weighted by atomic mass is 127. The fraction of sp³-hybridized carbons (Fsp3) is 0.0769. The van der Waals surface area contributed by atoms with Gasteiger partial charge in [0.05, 0.1) is 16.9 Å². The van der Waals surface area contributed by atoms with E-state index in [0.29, 0.717) is 5.56 Å². The summed E-state index contributed by atoms with van der Waals surface area (Å²) in [5.74, 6) is -0.128. The number of carbonyl (C=O) groups excluding carboxylic acids is 1. The van der Waals surface area contributed by atoms with Gasteiger partial charge in [-0.05, 0) is 59.8 Å². The maximum absolute atomic E-state index is 12.2. The molecule has 1 N–H and O–H groups in total. The smallest absolute Gasteiger partial charge is 0.256 e. The van der Waals surface area contributed by atoms with Crippen LogP contribution in [-0.4, -0.2) is 10.9 Å². The molecule has 0 aliphatic rings. The van der Waals surface area contributed by atoms with Gasteiger partial charge in [-0.1, -0.05) is 15.9 Å². The van der Waals surface area contributed by atoms with Crippen LogP contribution in [-0.2, 0) is 0 Å². The minimum Gasteiger partial charge on any atom is -0.320 e.